The molecule has 0 aliphatic heterocycles. The van der Waals surface area contributed by atoms with Crippen LogP contribution in [-0.4, -0.2) is 12.3 Å². The molecule has 2 heteroatoms. The third kappa shape index (κ3) is 4.07. The van der Waals surface area contributed by atoms with Crippen molar-refractivity contribution >= 4 is 5.71 Å². The second kappa shape index (κ2) is 5.75. The fraction of sp³-hybridized carbons (Fsp3) is 0.818. The van der Waals surface area contributed by atoms with Crippen LogP contribution in [0.4, 0.5) is 0 Å². The van der Waals surface area contributed by atoms with E-state index in [1.54, 1.807) is 0 Å². The molecule has 72 valence electrons. The van der Waals surface area contributed by atoms with Gasteiger partial charge in [0.05, 0.1) is 6.07 Å². The standard InChI is InChI=1S/C11H18N2/c1-10(9-12)5-4-8-13-11-6-2-3-7-11/h10H,2-8H2,1H3. The topological polar surface area (TPSA) is 36.1 Å². The molecule has 1 atom stereocenters. The van der Waals surface area contributed by atoms with Crippen LogP contribution in [0.2, 0.25) is 0 Å². The third-order valence-corrected chi connectivity index (χ3v) is 2.53. The van der Waals surface area contributed by atoms with E-state index in [9.17, 15) is 0 Å². The number of nitriles is 1. The highest BCUT2D eigenvalue weighted by Crippen LogP contribution is 2.15. The lowest BCUT2D eigenvalue weighted by molar-refractivity contribution is 0.624. The highest BCUT2D eigenvalue weighted by Gasteiger charge is 2.06. The summed E-state index contributed by atoms with van der Waals surface area (Å²) < 4.78 is 0. The van der Waals surface area contributed by atoms with Gasteiger partial charge in [0.2, 0.25) is 0 Å². The van der Waals surface area contributed by atoms with E-state index >= 15 is 0 Å². The Morgan fingerprint density at radius 2 is 2.15 bits per heavy atom. The van der Waals surface area contributed by atoms with E-state index in [4.69, 9.17) is 5.26 Å². The van der Waals surface area contributed by atoms with Gasteiger partial charge in [0.1, 0.15) is 0 Å². The zero-order chi connectivity index (χ0) is 9.52. The minimum absolute atomic E-state index is 0.198. The highest BCUT2D eigenvalue weighted by molar-refractivity contribution is 5.86. The Bertz CT molecular complexity index is 205. The molecule has 0 heterocycles. The Kier molecular flexibility index (Phi) is 4.53. The van der Waals surface area contributed by atoms with E-state index in [2.05, 4.69) is 11.1 Å². The van der Waals surface area contributed by atoms with Gasteiger partial charge >= 0.3 is 0 Å². The van der Waals surface area contributed by atoms with Gasteiger partial charge in [0, 0.05) is 18.2 Å². The van der Waals surface area contributed by atoms with Crippen LogP contribution < -0.4 is 0 Å². The van der Waals surface area contributed by atoms with E-state index in [1.807, 2.05) is 6.92 Å². The Labute approximate surface area is 80.7 Å². The summed E-state index contributed by atoms with van der Waals surface area (Å²) in [4.78, 5) is 4.54. The summed E-state index contributed by atoms with van der Waals surface area (Å²) in [7, 11) is 0. The summed E-state index contributed by atoms with van der Waals surface area (Å²) in [5.74, 6) is 0.198. The Morgan fingerprint density at radius 1 is 1.46 bits per heavy atom. The van der Waals surface area contributed by atoms with Gasteiger partial charge in [-0.15, -0.1) is 0 Å². The number of aliphatic imine (C=N–C) groups is 1. The maximum atomic E-state index is 8.56. The molecule has 1 fully saturated rings. The van der Waals surface area contributed by atoms with Crippen molar-refractivity contribution in [3.05, 3.63) is 0 Å². The molecule has 1 unspecified atom stereocenters. The quantitative estimate of drug-likeness (QED) is 0.610. The van der Waals surface area contributed by atoms with Crippen LogP contribution in [0.5, 0.6) is 0 Å². The summed E-state index contributed by atoms with van der Waals surface area (Å²) in [6, 6.07) is 2.24. The van der Waals surface area contributed by atoms with Crippen molar-refractivity contribution in [3.8, 4) is 6.07 Å². The van der Waals surface area contributed by atoms with E-state index in [0.717, 1.165) is 19.4 Å². The van der Waals surface area contributed by atoms with Crippen molar-refractivity contribution in [1.82, 2.24) is 0 Å². The molecule has 1 rings (SSSR count). The van der Waals surface area contributed by atoms with Crippen LogP contribution >= 0.6 is 0 Å². The fourth-order valence-corrected chi connectivity index (χ4v) is 1.64. The Balaban J connectivity index is 2.06. The SMILES string of the molecule is CC(C#N)CCCN=C1CCCC1. The first kappa shape index (κ1) is 10.2. The van der Waals surface area contributed by atoms with E-state index < -0.39 is 0 Å². The molecular formula is C11H18N2. The first-order valence-corrected chi connectivity index (χ1v) is 5.24. The molecule has 13 heavy (non-hydrogen) atoms. The van der Waals surface area contributed by atoms with Crippen molar-refractivity contribution in [2.24, 2.45) is 10.9 Å². The van der Waals surface area contributed by atoms with Crippen molar-refractivity contribution in [1.29, 1.82) is 5.26 Å². The molecule has 0 amide bonds. The molecule has 0 spiro atoms. The summed E-state index contributed by atoms with van der Waals surface area (Å²) in [5, 5.41) is 8.56. The second-order valence-corrected chi connectivity index (χ2v) is 3.83. The summed E-state index contributed by atoms with van der Waals surface area (Å²) >= 11 is 0. The van der Waals surface area contributed by atoms with Crippen LogP contribution in [0.15, 0.2) is 4.99 Å². The van der Waals surface area contributed by atoms with Gasteiger partial charge in [-0.1, -0.05) is 0 Å². The first-order valence-electron chi connectivity index (χ1n) is 5.24. The Morgan fingerprint density at radius 3 is 2.77 bits per heavy atom. The predicted octanol–water partition coefficient (Wildman–Crippen LogP) is 2.94. The molecule has 0 N–H and O–H groups in total. The molecule has 1 aliphatic rings. The first-order chi connectivity index (χ1) is 6.33. The maximum absolute atomic E-state index is 8.56. The zero-order valence-electron chi connectivity index (χ0n) is 8.42. The minimum Gasteiger partial charge on any atom is -0.294 e. The third-order valence-electron chi connectivity index (χ3n) is 2.53. The van der Waals surface area contributed by atoms with E-state index in [1.165, 1.54) is 31.4 Å². The van der Waals surface area contributed by atoms with Crippen molar-refractivity contribution in [2.75, 3.05) is 6.54 Å². The van der Waals surface area contributed by atoms with Crippen molar-refractivity contribution in [3.63, 3.8) is 0 Å². The molecule has 1 saturated carbocycles. The molecule has 0 aromatic heterocycles. The van der Waals surface area contributed by atoms with Gasteiger partial charge in [-0.2, -0.15) is 5.26 Å². The van der Waals surface area contributed by atoms with E-state index in [-0.39, 0.29) is 5.92 Å². The second-order valence-electron chi connectivity index (χ2n) is 3.83. The van der Waals surface area contributed by atoms with Gasteiger partial charge in [-0.25, -0.2) is 0 Å². The van der Waals surface area contributed by atoms with Crippen molar-refractivity contribution < 1.29 is 0 Å². The summed E-state index contributed by atoms with van der Waals surface area (Å²) in [6.45, 7) is 2.91. The average Bonchev–Trinajstić information content (AvgIpc) is 2.64. The lowest BCUT2D eigenvalue weighted by Crippen LogP contribution is -1.95. The molecule has 0 aromatic carbocycles. The number of hydrogen-bond donors (Lipinski definition) is 0. The fourth-order valence-electron chi connectivity index (χ4n) is 1.64. The molecule has 0 aromatic rings. The zero-order valence-corrected chi connectivity index (χ0v) is 8.42. The van der Waals surface area contributed by atoms with Crippen LogP contribution in [0.1, 0.15) is 45.4 Å². The van der Waals surface area contributed by atoms with Gasteiger partial charge in [-0.05, 0) is 45.4 Å². The average molecular weight is 178 g/mol. The predicted molar refractivity (Wildman–Crippen MR) is 54.8 cm³/mol. The van der Waals surface area contributed by atoms with Crippen LogP contribution in [0.25, 0.3) is 0 Å². The smallest absolute Gasteiger partial charge is 0.0652 e. The molecule has 0 saturated heterocycles. The normalized spacial score (nSPS) is 18.3. The Hall–Kier alpha value is -0.840. The highest BCUT2D eigenvalue weighted by atomic mass is 14.7. The van der Waals surface area contributed by atoms with Gasteiger partial charge < -0.3 is 0 Å². The molecular weight excluding hydrogens is 160 g/mol. The molecule has 0 bridgehead atoms. The van der Waals surface area contributed by atoms with Gasteiger partial charge in [-0.3, -0.25) is 4.99 Å². The number of rotatable bonds is 4. The van der Waals surface area contributed by atoms with Crippen LogP contribution in [-0.2, 0) is 0 Å². The minimum atomic E-state index is 0.198. The monoisotopic (exact) mass is 178 g/mol. The van der Waals surface area contributed by atoms with Crippen molar-refractivity contribution in [2.45, 2.75) is 45.4 Å². The molecule has 1 aliphatic carbocycles. The van der Waals surface area contributed by atoms with Gasteiger partial charge in [0.25, 0.3) is 0 Å². The maximum Gasteiger partial charge on any atom is 0.0652 e. The van der Waals surface area contributed by atoms with Crippen LogP contribution in [0, 0.1) is 17.2 Å². The molecule has 2 nitrogen and oxygen atoms in total. The van der Waals surface area contributed by atoms with Gasteiger partial charge in [0.15, 0.2) is 0 Å². The number of nitrogens with zero attached hydrogens (tertiary/aromatic N) is 2. The summed E-state index contributed by atoms with van der Waals surface area (Å²) in [5.41, 5.74) is 1.41. The largest absolute Gasteiger partial charge is 0.294 e. The van der Waals surface area contributed by atoms with E-state index in [0.29, 0.717) is 0 Å². The van der Waals surface area contributed by atoms with Crippen LogP contribution in [0.3, 0.4) is 0 Å². The molecule has 0 radical (unpaired) electrons. The lowest BCUT2D eigenvalue weighted by atomic mass is 10.1. The lowest BCUT2D eigenvalue weighted by Gasteiger charge is -1.99. The number of hydrogen-bond acceptors (Lipinski definition) is 2. The summed E-state index contributed by atoms with van der Waals surface area (Å²) in [6.07, 6.45) is 7.15.